The minimum Gasteiger partial charge on any atom is -0.497 e. The molecule has 0 unspecified atom stereocenters. The second kappa shape index (κ2) is 5.85. The Kier molecular flexibility index (Phi) is 3.74. The molecule has 2 aromatic carbocycles. The molecule has 0 radical (unpaired) electrons. The number of amides is 1. The maximum Gasteiger partial charge on any atom is 0.255 e. The predicted octanol–water partition coefficient (Wildman–Crippen LogP) is 3.80. The molecular formula is C18H16N2O2. The minimum absolute atomic E-state index is 0.166. The predicted molar refractivity (Wildman–Crippen MR) is 87.4 cm³/mol. The lowest BCUT2D eigenvalue weighted by atomic mass is 10.1. The highest BCUT2D eigenvalue weighted by Gasteiger charge is 2.10. The molecule has 1 aromatic heterocycles. The van der Waals surface area contributed by atoms with E-state index >= 15 is 0 Å². The van der Waals surface area contributed by atoms with E-state index in [9.17, 15) is 4.79 Å². The third-order valence-corrected chi connectivity index (χ3v) is 3.48. The number of fused-ring (bicyclic) bond motifs is 1. The van der Waals surface area contributed by atoms with Gasteiger partial charge in [-0.3, -0.25) is 9.78 Å². The second-order valence-electron chi connectivity index (χ2n) is 5.07. The van der Waals surface area contributed by atoms with Crippen LogP contribution in [-0.2, 0) is 0 Å². The van der Waals surface area contributed by atoms with Gasteiger partial charge in [0.25, 0.3) is 5.91 Å². The normalized spacial score (nSPS) is 10.5. The topological polar surface area (TPSA) is 51.2 Å². The van der Waals surface area contributed by atoms with E-state index in [0.29, 0.717) is 17.0 Å². The van der Waals surface area contributed by atoms with Crippen LogP contribution in [0.4, 0.5) is 5.69 Å². The van der Waals surface area contributed by atoms with Gasteiger partial charge in [-0.25, -0.2) is 0 Å². The van der Waals surface area contributed by atoms with Gasteiger partial charge in [-0.05, 0) is 31.2 Å². The molecule has 0 fully saturated rings. The molecule has 0 spiro atoms. The van der Waals surface area contributed by atoms with Crippen LogP contribution in [0.25, 0.3) is 10.9 Å². The number of nitrogens with zero attached hydrogens (tertiary/aromatic N) is 1. The van der Waals surface area contributed by atoms with E-state index in [0.717, 1.165) is 16.5 Å². The number of nitrogens with one attached hydrogen (secondary N) is 1. The highest BCUT2D eigenvalue weighted by atomic mass is 16.5. The van der Waals surface area contributed by atoms with Gasteiger partial charge in [0.2, 0.25) is 0 Å². The number of hydrogen-bond acceptors (Lipinski definition) is 3. The summed E-state index contributed by atoms with van der Waals surface area (Å²) < 4.78 is 5.29. The van der Waals surface area contributed by atoms with Crippen LogP contribution in [0.1, 0.15) is 15.9 Å². The molecule has 1 N–H and O–H groups in total. The maximum atomic E-state index is 12.4. The van der Waals surface area contributed by atoms with Crippen LogP contribution in [-0.4, -0.2) is 18.0 Å². The number of aryl methyl sites for hydroxylation is 1. The zero-order valence-electron chi connectivity index (χ0n) is 12.5. The zero-order valence-corrected chi connectivity index (χ0v) is 12.5. The summed E-state index contributed by atoms with van der Waals surface area (Å²) in [4.78, 5) is 16.7. The largest absolute Gasteiger partial charge is 0.497 e. The van der Waals surface area contributed by atoms with E-state index in [2.05, 4.69) is 10.3 Å². The molecular weight excluding hydrogens is 276 g/mol. The van der Waals surface area contributed by atoms with Crippen LogP contribution < -0.4 is 10.1 Å². The van der Waals surface area contributed by atoms with Crippen molar-refractivity contribution in [3.63, 3.8) is 0 Å². The molecule has 0 bridgehead atoms. The van der Waals surface area contributed by atoms with Gasteiger partial charge in [0, 0.05) is 23.2 Å². The number of aromatic nitrogens is 1. The minimum atomic E-state index is -0.166. The first kappa shape index (κ1) is 14.1. The molecule has 0 aliphatic rings. The fraction of sp³-hybridized carbons (Fsp3) is 0.111. The maximum absolute atomic E-state index is 12.4. The average molecular weight is 292 g/mol. The summed E-state index contributed by atoms with van der Waals surface area (Å²) in [5.74, 6) is 0.514. The quantitative estimate of drug-likeness (QED) is 0.798. The molecule has 4 nitrogen and oxygen atoms in total. The lowest BCUT2D eigenvalue weighted by Crippen LogP contribution is -2.12. The number of hydrogen-bond donors (Lipinski definition) is 1. The van der Waals surface area contributed by atoms with Gasteiger partial charge in [0.1, 0.15) is 5.75 Å². The molecule has 4 heteroatoms. The van der Waals surface area contributed by atoms with Gasteiger partial charge in [-0.1, -0.05) is 23.8 Å². The fourth-order valence-corrected chi connectivity index (χ4v) is 2.28. The fourth-order valence-electron chi connectivity index (χ4n) is 2.28. The van der Waals surface area contributed by atoms with Crippen molar-refractivity contribution in [2.45, 2.75) is 6.92 Å². The number of ether oxygens (including phenoxy) is 1. The van der Waals surface area contributed by atoms with Crippen molar-refractivity contribution in [2.75, 3.05) is 12.4 Å². The average Bonchev–Trinajstić information content (AvgIpc) is 2.55. The first-order valence-corrected chi connectivity index (χ1v) is 6.98. The first-order chi connectivity index (χ1) is 10.7. The molecule has 110 valence electrons. The summed E-state index contributed by atoms with van der Waals surface area (Å²) in [6.07, 6.45) is 1.70. The lowest BCUT2D eigenvalue weighted by Gasteiger charge is -2.10. The van der Waals surface area contributed by atoms with Crippen LogP contribution in [0.2, 0.25) is 0 Å². The van der Waals surface area contributed by atoms with Crippen molar-refractivity contribution < 1.29 is 9.53 Å². The first-order valence-electron chi connectivity index (χ1n) is 6.98. The Morgan fingerprint density at radius 2 is 1.91 bits per heavy atom. The van der Waals surface area contributed by atoms with E-state index in [1.165, 1.54) is 0 Å². The lowest BCUT2D eigenvalue weighted by molar-refractivity contribution is 0.102. The van der Waals surface area contributed by atoms with Gasteiger partial charge in [0.05, 0.1) is 18.3 Å². The number of anilines is 1. The molecule has 0 saturated carbocycles. The van der Waals surface area contributed by atoms with Crippen molar-refractivity contribution in [3.05, 3.63) is 65.9 Å². The van der Waals surface area contributed by atoms with Gasteiger partial charge >= 0.3 is 0 Å². The van der Waals surface area contributed by atoms with E-state index in [4.69, 9.17) is 4.74 Å². The monoisotopic (exact) mass is 292 g/mol. The highest BCUT2D eigenvalue weighted by molar-refractivity contribution is 6.08. The van der Waals surface area contributed by atoms with E-state index < -0.39 is 0 Å². The summed E-state index contributed by atoms with van der Waals surface area (Å²) in [6, 6.07) is 14.9. The van der Waals surface area contributed by atoms with E-state index in [-0.39, 0.29) is 5.91 Å². The second-order valence-corrected chi connectivity index (χ2v) is 5.07. The molecule has 1 amide bonds. The van der Waals surface area contributed by atoms with Gasteiger partial charge in [-0.2, -0.15) is 0 Å². The van der Waals surface area contributed by atoms with E-state index in [1.54, 1.807) is 31.5 Å². The van der Waals surface area contributed by atoms with Crippen molar-refractivity contribution in [1.82, 2.24) is 4.98 Å². The van der Waals surface area contributed by atoms with Gasteiger partial charge in [0.15, 0.2) is 0 Å². The third kappa shape index (κ3) is 2.76. The molecule has 3 aromatic rings. The van der Waals surface area contributed by atoms with Gasteiger partial charge in [-0.15, -0.1) is 0 Å². The van der Waals surface area contributed by atoms with Crippen molar-refractivity contribution in [1.29, 1.82) is 0 Å². The number of methoxy groups -OCH3 is 1. The number of carbonyl (C=O) groups excluding carboxylic acids is 1. The van der Waals surface area contributed by atoms with Crippen LogP contribution in [0.5, 0.6) is 5.75 Å². The van der Waals surface area contributed by atoms with Crippen LogP contribution in [0.3, 0.4) is 0 Å². The highest BCUT2D eigenvalue weighted by Crippen LogP contribution is 2.28. The molecule has 22 heavy (non-hydrogen) atoms. The molecule has 0 aliphatic carbocycles. The Balaban J connectivity index is 1.99. The smallest absolute Gasteiger partial charge is 0.255 e. The number of pyridine rings is 1. The third-order valence-electron chi connectivity index (χ3n) is 3.48. The zero-order chi connectivity index (χ0) is 15.5. The summed E-state index contributed by atoms with van der Waals surface area (Å²) in [6.45, 7) is 1.99. The Morgan fingerprint density at radius 3 is 2.64 bits per heavy atom. The molecule has 0 aliphatic heterocycles. The Morgan fingerprint density at radius 1 is 1.14 bits per heavy atom. The van der Waals surface area contributed by atoms with Crippen LogP contribution >= 0.6 is 0 Å². The molecule has 0 atom stereocenters. The summed E-state index contributed by atoms with van der Waals surface area (Å²) in [5, 5.41) is 3.83. The summed E-state index contributed by atoms with van der Waals surface area (Å²) in [5.41, 5.74) is 3.10. The summed E-state index contributed by atoms with van der Waals surface area (Å²) in [7, 11) is 1.60. The summed E-state index contributed by atoms with van der Waals surface area (Å²) >= 11 is 0. The standard InChI is InChI=1S/C18H16N2O2/c1-12-5-7-13(8-6-12)18(21)20-16-11-15(22-2)10-14-4-3-9-19-17(14)16/h3-11H,1-2H3,(H,20,21). The van der Waals surface area contributed by atoms with Crippen molar-refractivity contribution in [3.8, 4) is 5.75 Å². The number of rotatable bonds is 3. The Bertz CT molecular complexity index is 826. The van der Waals surface area contributed by atoms with Crippen molar-refractivity contribution >= 4 is 22.5 Å². The Labute approximate surface area is 128 Å². The SMILES string of the molecule is COc1cc(NC(=O)c2ccc(C)cc2)c2ncccc2c1. The van der Waals surface area contributed by atoms with Crippen LogP contribution in [0, 0.1) is 6.92 Å². The molecule has 0 saturated heterocycles. The van der Waals surface area contributed by atoms with Crippen LogP contribution in [0.15, 0.2) is 54.7 Å². The Hall–Kier alpha value is -2.88. The van der Waals surface area contributed by atoms with E-state index in [1.807, 2.05) is 37.3 Å². The van der Waals surface area contributed by atoms with Gasteiger partial charge < -0.3 is 10.1 Å². The van der Waals surface area contributed by atoms with Crippen molar-refractivity contribution in [2.24, 2.45) is 0 Å². The number of benzene rings is 2. The molecule has 3 rings (SSSR count). The number of carbonyl (C=O) groups is 1. The molecule has 1 heterocycles.